The highest BCUT2D eigenvalue weighted by Gasteiger charge is 2.22. The summed E-state index contributed by atoms with van der Waals surface area (Å²) in [5.74, 6) is 0. The quantitative estimate of drug-likeness (QED) is 0.840. The van der Waals surface area contributed by atoms with Crippen molar-refractivity contribution in [2.45, 2.75) is 39.2 Å². The molecule has 1 aliphatic rings. The zero-order valence-corrected chi connectivity index (χ0v) is 11.1. The van der Waals surface area contributed by atoms with Crippen LogP contribution < -0.4 is 10.2 Å². The summed E-state index contributed by atoms with van der Waals surface area (Å²) < 4.78 is 0. The van der Waals surface area contributed by atoms with Gasteiger partial charge in [0.25, 0.3) is 0 Å². The van der Waals surface area contributed by atoms with Crippen molar-refractivity contribution in [1.29, 1.82) is 0 Å². The van der Waals surface area contributed by atoms with Crippen LogP contribution in [0.2, 0.25) is 0 Å². The number of para-hydroxylation sites is 1. The highest BCUT2D eigenvalue weighted by atomic mass is 15.2. The summed E-state index contributed by atoms with van der Waals surface area (Å²) in [5, 5.41) is 3.63. The highest BCUT2D eigenvalue weighted by molar-refractivity contribution is 5.54. The molecule has 1 saturated heterocycles. The van der Waals surface area contributed by atoms with Gasteiger partial charge < -0.3 is 10.2 Å². The van der Waals surface area contributed by atoms with Gasteiger partial charge in [-0.25, -0.2) is 0 Å². The average molecular weight is 232 g/mol. The molecule has 1 aromatic rings. The van der Waals surface area contributed by atoms with E-state index < -0.39 is 0 Å². The molecule has 1 aliphatic heterocycles. The smallest absolute Gasteiger partial charge is 0.0399 e. The lowest BCUT2D eigenvalue weighted by Gasteiger charge is -2.22. The molecule has 94 valence electrons. The standard InChI is InChI=1S/C15H24N2/c1-3-10-16-14-9-11-17(12-14)15-8-6-5-7-13(15)4-2/h5-8,14,16H,3-4,9-12H2,1-2H3. The molecule has 1 N–H and O–H groups in total. The van der Waals surface area contributed by atoms with E-state index in [9.17, 15) is 0 Å². The molecule has 1 heterocycles. The summed E-state index contributed by atoms with van der Waals surface area (Å²) in [4.78, 5) is 2.53. The van der Waals surface area contributed by atoms with Crippen LogP contribution in [-0.4, -0.2) is 25.7 Å². The molecule has 0 radical (unpaired) electrons. The molecule has 1 unspecified atom stereocenters. The molecule has 1 aromatic carbocycles. The minimum atomic E-state index is 0.680. The van der Waals surface area contributed by atoms with E-state index in [2.05, 4.69) is 48.3 Å². The Morgan fingerprint density at radius 2 is 2.12 bits per heavy atom. The van der Waals surface area contributed by atoms with E-state index in [1.165, 1.54) is 30.6 Å². The van der Waals surface area contributed by atoms with E-state index in [1.807, 2.05) is 0 Å². The number of aryl methyl sites for hydroxylation is 1. The van der Waals surface area contributed by atoms with Gasteiger partial charge in [0.05, 0.1) is 0 Å². The average Bonchev–Trinajstić information content (AvgIpc) is 2.85. The Labute approximate surface area is 105 Å². The van der Waals surface area contributed by atoms with Crippen LogP contribution in [0.5, 0.6) is 0 Å². The molecule has 0 saturated carbocycles. The number of hydrogen-bond acceptors (Lipinski definition) is 2. The van der Waals surface area contributed by atoms with Gasteiger partial charge in [-0.2, -0.15) is 0 Å². The Bertz CT molecular complexity index is 349. The van der Waals surface area contributed by atoms with Gasteiger partial charge in [0.1, 0.15) is 0 Å². The van der Waals surface area contributed by atoms with Crippen molar-refractivity contribution < 1.29 is 0 Å². The van der Waals surface area contributed by atoms with Gasteiger partial charge in [0, 0.05) is 24.8 Å². The van der Waals surface area contributed by atoms with E-state index in [0.29, 0.717) is 6.04 Å². The molecule has 0 aromatic heterocycles. The Kier molecular flexibility index (Phi) is 4.43. The van der Waals surface area contributed by atoms with Crippen LogP contribution in [0.15, 0.2) is 24.3 Å². The van der Waals surface area contributed by atoms with Crippen molar-refractivity contribution in [3.8, 4) is 0 Å². The molecule has 1 atom stereocenters. The first-order valence-electron chi connectivity index (χ1n) is 6.91. The molecule has 0 bridgehead atoms. The van der Waals surface area contributed by atoms with Crippen LogP contribution in [0.4, 0.5) is 5.69 Å². The summed E-state index contributed by atoms with van der Waals surface area (Å²) in [6, 6.07) is 9.50. The minimum absolute atomic E-state index is 0.680. The Balaban J connectivity index is 1.99. The lowest BCUT2D eigenvalue weighted by molar-refractivity contribution is 0.549. The van der Waals surface area contributed by atoms with Crippen molar-refractivity contribution in [3.63, 3.8) is 0 Å². The maximum atomic E-state index is 3.63. The van der Waals surface area contributed by atoms with Gasteiger partial charge in [-0.05, 0) is 37.4 Å². The molecular formula is C15H24N2. The van der Waals surface area contributed by atoms with Gasteiger partial charge in [-0.3, -0.25) is 0 Å². The van der Waals surface area contributed by atoms with E-state index in [1.54, 1.807) is 0 Å². The fourth-order valence-electron chi connectivity index (χ4n) is 2.61. The second kappa shape index (κ2) is 6.06. The molecule has 2 heteroatoms. The highest BCUT2D eigenvalue weighted by Crippen LogP contribution is 2.24. The molecule has 0 spiro atoms. The minimum Gasteiger partial charge on any atom is -0.370 e. The van der Waals surface area contributed by atoms with Gasteiger partial charge in [0.15, 0.2) is 0 Å². The van der Waals surface area contributed by atoms with Crippen LogP contribution in [0.3, 0.4) is 0 Å². The summed E-state index contributed by atoms with van der Waals surface area (Å²) in [7, 11) is 0. The van der Waals surface area contributed by atoms with Crippen LogP contribution in [0.1, 0.15) is 32.3 Å². The molecule has 1 fully saturated rings. The lowest BCUT2D eigenvalue weighted by Crippen LogP contribution is -2.33. The van der Waals surface area contributed by atoms with Crippen molar-refractivity contribution in [2.24, 2.45) is 0 Å². The second-order valence-electron chi connectivity index (χ2n) is 4.87. The zero-order valence-electron chi connectivity index (χ0n) is 11.1. The summed E-state index contributed by atoms with van der Waals surface area (Å²) in [5.41, 5.74) is 2.92. The number of benzene rings is 1. The van der Waals surface area contributed by atoms with E-state index in [0.717, 1.165) is 19.5 Å². The first-order valence-corrected chi connectivity index (χ1v) is 6.91. The Morgan fingerprint density at radius 1 is 1.29 bits per heavy atom. The molecule has 2 rings (SSSR count). The third kappa shape index (κ3) is 3.01. The monoisotopic (exact) mass is 232 g/mol. The zero-order chi connectivity index (χ0) is 12.1. The van der Waals surface area contributed by atoms with Gasteiger partial charge in [-0.1, -0.05) is 32.0 Å². The van der Waals surface area contributed by atoms with Gasteiger partial charge >= 0.3 is 0 Å². The number of anilines is 1. The van der Waals surface area contributed by atoms with Crippen molar-refractivity contribution in [2.75, 3.05) is 24.5 Å². The van der Waals surface area contributed by atoms with E-state index in [-0.39, 0.29) is 0 Å². The predicted molar refractivity (Wildman–Crippen MR) is 74.7 cm³/mol. The fraction of sp³-hybridized carbons (Fsp3) is 0.600. The normalized spacial score (nSPS) is 19.9. The lowest BCUT2D eigenvalue weighted by atomic mass is 10.1. The first-order chi connectivity index (χ1) is 8.35. The van der Waals surface area contributed by atoms with E-state index >= 15 is 0 Å². The van der Waals surface area contributed by atoms with Gasteiger partial charge in [-0.15, -0.1) is 0 Å². The maximum absolute atomic E-state index is 3.63. The summed E-state index contributed by atoms with van der Waals surface area (Å²) >= 11 is 0. The fourth-order valence-corrected chi connectivity index (χ4v) is 2.61. The van der Waals surface area contributed by atoms with Crippen LogP contribution in [-0.2, 0) is 6.42 Å². The van der Waals surface area contributed by atoms with Gasteiger partial charge in [0.2, 0.25) is 0 Å². The molecule has 0 amide bonds. The van der Waals surface area contributed by atoms with Crippen molar-refractivity contribution >= 4 is 5.69 Å². The molecular weight excluding hydrogens is 208 g/mol. The topological polar surface area (TPSA) is 15.3 Å². The Morgan fingerprint density at radius 3 is 2.88 bits per heavy atom. The predicted octanol–water partition coefficient (Wildman–Crippen LogP) is 2.83. The van der Waals surface area contributed by atoms with Crippen LogP contribution >= 0.6 is 0 Å². The first kappa shape index (κ1) is 12.4. The third-order valence-corrected chi connectivity index (χ3v) is 3.58. The maximum Gasteiger partial charge on any atom is 0.0399 e. The van der Waals surface area contributed by atoms with Crippen molar-refractivity contribution in [3.05, 3.63) is 29.8 Å². The number of hydrogen-bond donors (Lipinski definition) is 1. The number of rotatable bonds is 5. The molecule has 17 heavy (non-hydrogen) atoms. The molecule has 2 nitrogen and oxygen atoms in total. The van der Waals surface area contributed by atoms with E-state index in [4.69, 9.17) is 0 Å². The van der Waals surface area contributed by atoms with Crippen molar-refractivity contribution in [1.82, 2.24) is 5.32 Å². The van der Waals surface area contributed by atoms with Crippen LogP contribution in [0, 0.1) is 0 Å². The number of nitrogens with one attached hydrogen (secondary N) is 1. The largest absolute Gasteiger partial charge is 0.370 e. The summed E-state index contributed by atoms with van der Waals surface area (Å²) in [6.45, 7) is 7.97. The molecule has 0 aliphatic carbocycles. The summed E-state index contributed by atoms with van der Waals surface area (Å²) in [6.07, 6.45) is 3.62. The number of nitrogens with zero attached hydrogens (tertiary/aromatic N) is 1. The second-order valence-corrected chi connectivity index (χ2v) is 4.87. The van der Waals surface area contributed by atoms with Crippen LogP contribution in [0.25, 0.3) is 0 Å². The third-order valence-electron chi connectivity index (χ3n) is 3.58. The Hall–Kier alpha value is -1.02. The SMILES string of the molecule is CCCNC1CCN(c2ccccc2CC)C1.